The standard InChI is InChI=1S/C14H19ClN2O4/c1-20-11-3-5-12(6-4-11)21-10-9-17-14(19)13(18)16-8-2-7-15/h3-6H,2,7-10H2,1H3,(H,16,18)(H,17,19). The molecule has 2 N–H and O–H groups in total. The molecule has 0 saturated heterocycles. The van der Waals surface area contributed by atoms with E-state index in [1.165, 1.54) is 0 Å². The SMILES string of the molecule is COc1ccc(OCCNC(=O)C(=O)NCCCCl)cc1. The van der Waals surface area contributed by atoms with E-state index in [2.05, 4.69) is 10.6 Å². The smallest absolute Gasteiger partial charge is 0.309 e. The lowest BCUT2D eigenvalue weighted by molar-refractivity contribution is -0.139. The molecule has 0 spiro atoms. The van der Waals surface area contributed by atoms with Crippen LogP contribution in [-0.2, 0) is 9.59 Å². The summed E-state index contributed by atoms with van der Waals surface area (Å²) in [7, 11) is 1.59. The highest BCUT2D eigenvalue weighted by Gasteiger charge is 2.11. The van der Waals surface area contributed by atoms with Crippen LogP contribution in [0.5, 0.6) is 11.5 Å². The number of halogens is 1. The number of methoxy groups -OCH3 is 1. The summed E-state index contributed by atoms with van der Waals surface area (Å²) in [5.74, 6) is 0.505. The van der Waals surface area contributed by atoms with Crippen molar-refractivity contribution in [3.63, 3.8) is 0 Å². The average molecular weight is 315 g/mol. The van der Waals surface area contributed by atoms with Crippen molar-refractivity contribution < 1.29 is 19.1 Å². The quantitative estimate of drug-likeness (QED) is 0.425. The van der Waals surface area contributed by atoms with Gasteiger partial charge in [-0.1, -0.05) is 0 Å². The Bertz CT molecular complexity index is 451. The van der Waals surface area contributed by atoms with Gasteiger partial charge in [0.1, 0.15) is 18.1 Å². The zero-order chi connectivity index (χ0) is 15.5. The number of hydrogen-bond donors (Lipinski definition) is 2. The second kappa shape index (κ2) is 9.88. The zero-order valence-corrected chi connectivity index (χ0v) is 12.6. The van der Waals surface area contributed by atoms with E-state index in [0.717, 1.165) is 5.75 Å². The summed E-state index contributed by atoms with van der Waals surface area (Å²) in [6.07, 6.45) is 0.626. The van der Waals surface area contributed by atoms with Gasteiger partial charge in [0, 0.05) is 12.4 Å². The Hall–Kier alpha value is -1.95. The third-order valence-electron chi connectivity index (χ3n) is 2.52. The van der Waals surface area contributed by atoms with Crippen molar-refractivity contribution in [1.82, 2.24) is 10.6 Å². The molecule has 21 heavy (non-hydrogen) atoms. The molecule has 7 heteroatoms. The highest BCUT2D eigenvalue weighted by atomic mass is 35.5. The molecule has 0 aromatic heterocycles. The number of carbonyl (C=O) groups excluding carboxylic acids is 2. The predicted octanol–water partition coefficient (Wildman–Crippen LogP) is 0.935. The number of hydrogen-bond acceptors (Lipinski definition) is 4. The number of alkyl halides is 1. The van der Waals surface area contributed by atoms with E-state index in [9.17, 15) is 9.59 Å². The maximum atomic E-state index is 11.4. The summed E-state index contributed by atoms with van der Waals surface area (Å²) in [5.41, 5.74) is 0. The van der Waals surface area contributed by atoms with Crippen LogP contribution < -0.4 is 20.1 Å². The number of carbonyl (C=O) groups is 2. The third-order valence-corrected chi connectivity index (χ3v) is 2.79. The van der Waals surface area contributed by atoms with Gasteiger partial charge in [-0.3, -0.25) is 9.59 Å². The minimum Gasteiger partial charge on any atom is -0.497 e. The van der Waals surface area contributed by atoms with Gasteiger partial charge in [0.2, 0.25) is 0 Å². The normalized spacial score (nSPS) is 9.81. The van der Waals surface area contributed by atoms with Gasteiger partial charge in [-0.25, -0.2) is 0 Å². The Balaban J connectivity index is 2.17. The summed E-state index contributed by atoms with van der Waals surface area (Å²) in [6, 6.07) is 7.08. The summed E-state index contributed by atoms with van der Waals surface area (Å²) < 4.78 is 10.4. The largest absolute Gasteiger partial charge is 0.497 e. The molecule has 1 rings (SSSR count). The molecule has 1 aromatic rings. The first-order valence-corrected chi connectivity index (χ1v) is 7.09. The highest BCUT2D eigenvalue weighted by molar-refractivity contribution is 6.35. The van der Waals surface area contributed by atoms with E-state index in [1.54, 1.807) is 31.4 Å². The highest BCUT2D eigenvalue weighted by Crippen LogP contribution is 2.16. The molecule has 0 aliphatic carbocycles. The number of ether oxygens (including phenoxy) is 2. The Morgan fingerprint density at radius 2 is 1.62 bits per heavy atom. The van der Waals surface area contributed by atoms with Crippen LogP contribution in [0.3, 0.4) is 0 Å². The second-order valence-electron chi connectivity index (χ2n) is 4.08. The number of nitrogens with one attached hydrogen (secondary N) is 2. The maximum Gasteiger partial charge on any atom is 0.309 e. The van der Waals surface area contributed by atoms with Crippen LogP contribution in [0.15, 0.2) is 24.3 Å². The molecule has 0 bridgehead atoms. The molecule has 0 atom stereocenters. The van der Waals surface area contributed by atoms with Gasteiger partial charge in [-0.15, -0.1) is 11.6 Å². The molecule has 0 saturated carbocycles. The van der Waals surface area contributed by atoms with Crippen molar-refractivity contribution in [1.29, 1.82) is 0 Å². The topological polar surface area (TPSA) is 76.7 Å². The van der Waals surface area contributed by atoms with Gasteiger partial charge in [0.15, 0.2) is 0 Å². The van der Waals surface area contributed by atoms with Crippen LogP contribution in [0.1, 0.15) is 6.42 Å². The lowest BCUT2D eigenvalue weighted by Gasteiger charge is -2.08. The van der Waals surface area contributed by atoms with Crippen molar-refractivity contribution in [2.75, 3.05) is 32.7 Å². The Morgan fingerprint density at radius 1 is 1.05 bits per heavy atom. The number of rotatable bonds is 8. The molecule has 6 nitrogen and oxygen atoms in total. The van der Waals surface area contributed by atoms with Crippen LogP contribution in [-0.4, -0.2) is 44.5 Å². The lowest BCUT2D eigenvalue weighted by Crippen LogP contribution is -2.41. The van der Waals surface area contributed by atoms with Gasteiger partial charge >= 0.3 is 11.8 Å². The summed E-state index contributed by atoms with van der Waals surface area (Å²) in [4.78, 5) is 22.7. The summed E-state index contributed by atoms with van der Waals surface area (Å²) in [6.45, 7) is 0.902. The third kappa shape index (κ3) is 6.85. The molecular weight excluding hydrogens is 296 g/mol. The van der Waals surface area contributed by atoms with E-state index in [4.69, 9.17) is 21.1 Å². The summed E-state index contributed by atoms with van der Waals surface area (Å²) in [5, 5.41) is 4.93. The Morgan fingerprint density at radius 3 is 2.19 bits per heavy atom. The molecule has 2 amide bonds. The fraction of sp³-hybridized carbons (Fsp3) is 0.429. The molecule has 1 aromatic carbocycles. The fourth-order valence-electron chi connectivity index (χ4n) is 1.43. The molecule has 0 aliphatic rings. The van der Waals surface area contributed by atoms with Crippen LogP contribution in [0, 0.1) is 0 Å². The van der Waals surface area contributed by atoms with E-state index < -0.39 is 11.8 Å². The fourth-order valence-corrected chi connectivity index (χ4v) is 1.57. The molecule has 0 unspecified atom stereocenters. The zero-order valence-electron chi connectivity index (χ0n) is 11.9. The van der Waals surface area contributed by atoms with Crippen LogP contribution in [0.25, 0.3) is 0 Å². The van der Waals surface area contributed by atoms with Gasteiger partial charge in [0.25, 0.3) is 0 Å². The first kappa shape index (κ1) is 17.1. The molecule has 0 heterocycles. The monoisotopic (exact) mass is 314 g/mol. The van der Waals surface area contributed by atoms with Crippen LogP contribution >= 0.6 is 11.6 Å². The predicted molar refractivity (Wildman–Crippen MR) is 79.8 cm³/mol. The van der Waals surface area contributed by atoms with Gasteiger partial charge in [-0.2, -0.15) is 0 Å². The second-order valence-corrected chi connectivity index (χ2v) is 4.46. The molecular formula is C14H19ClN2O4. The van der Waals surface area contributed by atoms with Gasteiger partial charge < -0.3 is 20.1 Å². The van der Waals surface area contributed by atoms with Gasteiger partial charge in [0.05, 0.1) is 13.7 Å². The minimum absolute atomic E-state index is 0.244. The first-order valence-electron chi connectivity index (χ1n) is 6.56. The van der Waals surface area contributed by atoms with Crippen molar-refractivity contribution in [3.8, 4) is 11.5 Å². The van der Waals surface area contributed by atoms with Crippen LogP contribution in [0.2, 0.25) is 0 Å². The van der Waals surface area contributed by atoms with Crippen molar-refractivity contribution in [3.05, 3.63) is 24.3 Å². The van der Waals surface area contributed by atoms with E-state index >= 15 is 0 Å². The van der Waals surface area contributed by atoms with Gasteiger partial charge in [-0.05, 0) is 30.7 Å². The maximum absolute atomic E-state index is 11.4. The van der Waals surface area contributed by atoms with Crippen molar-refractivity contribution >= 4 is 23.4 Å². The Kier molecular flexibility index (Phi) is 8.04. The van der Waals surface area contributed by atoms with E-state index in [-0.39, 0.29) is 13.2 Å². The number of benzene rings is 1. The lowest BCUT2D eigenvalue weighted by atomic mass is 10.3. The molecule has 116 valence electrons. The molecule has 0 aliphatic heterocycles. The van der Waals surface area contributed by atoms with E-state index in [0.29, 0.717) is 24.6 Å². The Labute approximate surface area is 128 Å². The van der Waals surface area contributed by atoms with E-state index in [1.807, 2.05) is 0 Å². The molecule has 0 fully saturated rings. The van der Waals surface area contributed by atoms with Crippen molar-refractivity contribution in [2.45, 2.75) is 6.42 Å². The number of amides is 2. The van der Waals surface area contributed by atoms with Crippen molar-refractivity contribution in [2.24, 2.45) is 0 Å². The summed E-state index contributed by atoms with van der Waals surface area (Å²) >= 11 is 5.47. The first-order chi connectivity index (χ1) is 10.2. The van der Waals surface area contributed by atoms with Crippen LogP contribution in [0.4, 0.5) is 0 Å². The average Bonchev–Trinajstić information content (AvgIpc) is 2.52. The minimum atomic E-state index is -0.678. The molecule has 0 radical (unpaired) electrons.